The maximum Gasteiger partial charge on any atom is 0.298 e. The van der Waals surface area contributed by atoms with Crippen LogP contribution in [0.1, 0.15) is 18.1 Å². The second-order valence-electron chi connectivity index (χ2n) is 6.07. The van der Waals surface area contributed by atoms with Crippen molar-refractivity contribution in [2.75, 3.05) is 5.32 Å². The Kier molecular flexibility index (Phi) is 5.72. The first-order chi connectivity index (χ1) is 12.9. The molecule has 0 aliphatic heterocycles. The number of hydrogen-bond donors (Lipinski definition) is 1. The summed E-state index contributed by atoms with van der Waals surface area (Å²) < 4.78 is 6.21. The van der Waals surface area contributed by atoms with E-state index in [2.05, 4.69) is 10.6 Å². The van der Waals surface area contributed by atoms with Crippen molar-refractivity contribution < 1.29 is 19.1 Å². The zero-order chi connectivity index (χ0) is 19.6. The number of nitrogens with one attached hydrogen (secondary N) is 1. The molecule has 0 bridgehead atoms. The van der Waals surface area contributed by atoms with Crippen LogP contribution in [0.25, 0.3) is 5.69 Å². The molecule has 1 aromatic heterocycles. The molecule has 0 aliphatic carbocycles. The first-order valence-electron chi connectivity index (χ1n) is 8.25. The molecule has 0 spiro atoms. The minimum atomic E-state index is -0.584. The van der Waals surface area contributed by atoms with Gasteiger partial charge in [-0.25, -0.2) is 0 Å². The van der Waals surface area contributed by atoms with Crippen LogP contribution < -0.4 is 15.1 Å². The Morgan fingerprint density at radius 1 is 1.26 bits per heavy atom. The summed E-state index contributed by atoms with van der Waals surface area (Å²) in [4.78, 5) is 12.6. The predicted octanol–water partition coefficient (Wildman–Crippen LogP) is 3.41. The van der Waals surface area contributed by atoms with E-state index >= 15 is 0 Å². The first kappa shape index (κ1) is 19.3. The minimum absolute atomic E-state index is 0.240. The van der Waals surface area contributed by atoms with Crippen molar-refractivity contribution in [1.82, 2.24) is 5.27 Å². The third-order valence-electron chi connectivity index (χ3n) is 4.03. The van der Waals surface area contributed by atoms with Crippen molar-refractivity contribution in [3.8, 4) is 11.6 Å². The summed E-state index contributed by atoms with van der Waals surface area (Å²) in [5, 5.41) is 19.0. The van der Waals surface area contributed by atoms with Crippen LogP contribution in [-0.4, -0.2) is 16.4 Å². The lowest BCUT2D eigenvalue weighted by Gasteiger charge is -2.13. The summed E-state index contributed by atoms with van der Waals surface area (Å²) in [5.74, 6) is -0.833. The van der Waals surface area contributed by atoms with Gasteiger partial charge in [-0.3, -0.25) is 4.79 Å². The van der Waals surface area contributed by atoms with Crippen LogP contribution in [0, 0.1) is 13.8 Å². The second-order valence-corrected chi connectivity index (χ2v) is 7.81. The van der Waals surface area contributed by atoms with E-state index < -0.39 is 11.2 Å². The lowest BCUT2D eigenvalue weighted by molar-refractivity contribution is -0.705. The van der Waals surface area contributed by atoms with Gasteiger partial charge in [-0.15, -0.1) is 0 Å². The zero-order valence-electron chi connectivity index (χ0n) is 15.0. The van der Waals surface area contributed by atoms with Crippen molar-refractivity contribution >= 4 is 35.0 Å². The van der Waals surface area contributed by atoms with Gasteiger partial charge >= 0.3 is 0 Å². The molecule has 1 atom stereocenters. The van der Waals surface area contributed by atoms with Crippen molar-refractivity contribution in [3.05, 3.63) is 58.6 Å². The molecule has 1 amide bonds. The summed E-state index contributed by atoms with van der Waals surface area (Å²) >= 11 is 7.18. The van der Waals surface area contributed by atoms with Crippen LogP contribution in [0.2, 0.25) is 5.02 Å². The van der Waals surface area contributed by atoms with E-state index in [1.807, 2.05) is 38.1 Å². The number of carbonyl (C=O) groups is 1. The standard InChI is InChI=1S/C19H18ClN3O3S/c1-11-7-9-14(10-8-11)23-18(19(25)26-22-23)27-13(3)17(24)21-16-6-4-5-15(20)12(16)2/h4-10,13H,1-3H3,(H-,21,22,24,25). The largest absolute Gasteiger partial charge is 0.538 e. The second kappa shape index (κ2) is 8.02. The Morgan fingerprint density at radius 2 is 1.96 bits per heavy atom. The number of thioether (sulfide) groups is 1. The first-order valence-corrected chi connectivity index (χ1v) is 9.51. The molecule has 0 aliphatic rings. The molecule has 2 aromatic carbocycles. The van der Waals surface area contributed by atoms with Crippen molar-refractivity contribution in [2.24, 2.45) is 0 Å². The molecule has 140 valence electrons. The number of aromatic nitrogens is 2. The van der Waals surface area contributed by atoms with Gasteiger partial charge < -0.3 is 14.9 Å². The molecule has 27 heavy (non-hydrogen) atoms. The maximum atomic E-state index is 12.6. The number of halogens is 1. The van der Waals surface area contributed by atoms with Gasteiger partial charge in [-0.1, -0.05) is 35.4 Å². The van der Waals surface area contributed by atoms with Crippen LogP contribution >= 0.6 is 23.4 Å². The Labute approximate surface area is 166 Å². The Morgan fingerprint density at radius 3 is 2.67 bits per heavy atom. The molecular weight excluding hydrogens is 386 g/mol. The summed E-state index contributed by atoms with van der Waals surface area (Å²) in [6, 6.07) is 12.8. The minimum Gasteiger partial charge on any atom is -0.538 e. The van der Waals surface area contributed by atoms with Gasteiger partial charge in [-0.05, 0) is 54.9 Å². The predicted molar refractivity (Wildman–Crippen MR) is 102 cm³/mol. The van der Waals surface area contributed by atoms with Gasteiger partial charge in [0.15, 0.2) is 5.95 Å². The van der Waals surface area contributed by atoms with Gasteiger partial charge in [0.05, 0.1) is 10.5 Å². The number of rotatable bonds is 5. The van der Waals surface area contributed by atoms with Gasteiger partial charge in [0.2, 0.25) is 11.6 Å². The number of hydrogen-bond acceptors (Lipinski definition) is 5. The third-order valence-corrected chi connectivity index (χ3v) is 5.57. The smallest absolute Gasteiger partial charge is 0.298 e. The van der Waals surface area contributed by atoms with E-state index in [1.165, 1.54) is 4.68 Å². The number of benzene rings is 2. The SMILES string of the molecule is Cc1ccc(-[n+]2noc([O-])c2SC(C)C(=O)Nc2cccc(Cl)c2C)cc1. The number of carbonyl (C=O) groups excluding carboxylic acids is 1. The van der Waals surface area contributed by atoms with E-state index in [0.717, 1.165) is 22.9 Å². The molecular formula is C19H18ClN3O3S. The number of amides is 1. The van der Waals surface area contributed by atoms with Gasteiger partial charge in [-0.2, -0.15) is 0 Å². The molecule has 1 heterocycles. The normalized spacial score (nSPS) is 12.0. The molecule has 3 rings (SSSR count). The van der Waals surface area contributed by atoms with Crippen molar-refractivity contribution in [1.29, 1.82) is 0 Å². The Bertz CT molecular complexity index is 973. The van der Waals surface area contributed by atoms with Crippen LogP contribution in [0.15, 0.2) is 52.0 Å². The van der Waals surface area contributed by atoms with Crippen molar-refractivity contribution in [2.45, 2.75) is 31.0 Å². The molecule has 3 aromatic rings. The molecule has 0 saturated heterocycles. The van der Waals surface area contributed by atoms with Crippen LogP contribution in [-0.2, 0) is 4.79 Å². The average Bonchev–Trinajstić information content (AvgIpc) is 3.00. The Hall–Kier alpha value is -2.51. The summed E-state index contributed by atoms with van der Waals surface area (Å²) in [6.07, 6.45) is 0. The monoisotopic (exact) mass is 403 g/mol. The number of anilines is 1. The third kappa shape index (κ3) is 4.26. The summed E-state index contributed by atoms with van der Waals surface area (Å²) in [6.45, 7) is 5.51. The van der Waals surface area contributed by atoms with Crippen LogP contribution in [0.4, 0.5) is 5.69 Å². The highest BCUT2D eigenvalue weighted by Gasteiger charge is 2.26. The fraction of sp³-hybridized carbons (Fsp3) is 0.211. The average molecular weight is 404 g/mol. The lowest BCUT2D eigenvalue weighted by atomic mass is 10.2. The van der Waals surface area contributed by atoms with E-state index in [0.29, 0.717) is 16.4 Å². The van der Waals surface area contributed by atoms with Gasteiger partial charge in [0, 0.05) is 22.8 Å². The van der Waals surface area contributed by atoms with Gasteiger partial charge in [0.1, 0.15) is 0 Å². The highest BCUT2D eigenvalue weighted by molar-refractivity contribution is 8.00. The van der Waals surface area contributed by atoms with Crippen LogP contribution in [0.5, 0.6) is 5.95 Å². The fourth-order valence-electron chi connectivity index (χ4n) is 2.39. The molecule has 0 radical (unpaired) electrons. The molecule has 0 saturated carbocycles. The quantitative estimate of drug-likeness (QED) is 0.521. The van der Waals surface area contributed by atoms with E-state index in [4.69, 9.17) is 16.1 Å². The van der Waals surface area contributed by atoms with E-state index in [9.17, 15) is 9.90 Å². The van der Waals surface area contributed by atoms with Crippen molar-refractivity contribution in [3.63, 3.8) is 0 Å². The number of nitrogens with zero attached hydrogens (tertiary/aromatic N) is 2. The fourth-order valence-corrected chi connectivity index (χ4v) is 3.43. The summed E-state index contributed by atoms with van der Waals surface area (Å²) in [5.41, 5.74) is 3.20. The number of aryl methyl sites for hydroxylation is 1. The highest BCUT2D eigenvalue weighted by Crippen LogP contribution is 2.29. The zero-order valence-corrected chi connectivity index (χ0v) is 16.6. The van der Waals surface area contributed by atoms with E-state index in [1.54, 1.807) is 25.1 Å². The molecule has 1 N–H and O–H groups in total. The Balaban J connectivity index is 1.79. The molecule has 8 heteroatoms. The molecule has 0 fully saturated rings. The summed E-state index contributed by atoms with van der Waals surface area (Å²) in [7, 11) is 0. The van der Waals surface area contributed by atoms with E-state index in [-0.39, 0.29) is 10.9 Å². The lowest BCUT2D eigenvalue weighted by Crippen LogP contribution is -2.36. The maximum absolute atomic E-state index is 12.6. The highest BCUT2D eigenvalue weighted by atomic mass is 35.5. The van der Waals surface area contributed by atoms with Gasteiger partial charge in [0.25, 0.3) is 5.03 Å². The topological polar surface area (TPSA) is 82.1 Å². The van der Waals surface area contributed by atoms with Crippen LogP contribution in [0.3, 0.4) is 0 Å². The molecule has 6 nitrogen and oxygen atoms in total. The molecule has 1 unspecified atom stereocenters.